The molecule has 1 atom stereocenters. The van der Waals surface area contributed by atoms with Crippen molar-refractivity contribution < 1.29 is 22.7 Å². The number of ether oxygens (including phenoxy) is 1. The normalized spacial score (nSPS) is 12.1. The second kappa shape index (κ2) is 14.6. The Morgan fingerprint density at radius 2 is 1.63 bits per heavy atom. The van der Waals surface area contributed by atoms with Gasteiger partial charge >= 0.3 is 0 Å². The molecule has 3 rings (SSSR count). The van der Waals surface area contributed by atoms with E-state index in [4.69, 9.17) is 27.9 Å². The van der Waals surface area contributed by atoms with E-state index in [1.165, 1.54) is 42.3 Å². The van der Waals surface area contributed by atoms with Gasteiger partial charge in [0.2, 0.25) is 11.8 Å². The topological polar surface area (TPSA) is 96.0 Å². The maximum atomic E-state index is 14.1. The first-order valence-electron chi connectivity index (χ1n) is 13.2. The van der Waals surface area contributed by atoms with Crippen LogP contribution in [0.2, 0.25) is 10.0 Å². The zero-order valence-electron chi connectivity index (χ0n) is 23.5. The molecule has 41 heavy (non-hydrogen) atoms. The van der Waals surface area contributed by atoms with Gasteiger partial charge in [0.25, 0.3) is 10.0 Å². The third-order valence-corrected chi connectivity index (χ3v) is 8.71. The van der Waals surface area contributed by atoms with Gasteiger partial charge in [-0.15, -0.1) is 0 Å². The number of methoxy groups -OCH3 is 1. The summed E-state index contributed by atoms with van der Waals surface area (Å²) in [5, 5.41) is 3.62. The Labute approximate surface area is 252 Å². The molecule has 0 heterocycles. The molecule has 220 valence electrons. The lowest BCUT2D eigenvalue weighted by molar-refractivity contribution is -0.140. The smallest absolute Gasteiger partial charge is 0.264 e. The van der Waals surface area contributed by atoms with Crippen LogP contribution in [0.15, 0.2) is 77.7 Å². The molecule has 0 spiro atoms. The zero-order valence-corrected chi connectivity index (χ0v) is 25.8. The van der Waals surface area contributed by atoms with E-state index >= 15 is 0 Å². The van der Waals surface area contributed by atoms with Gasteiger partial charge in [0.15, 0.2) is 0 Å². The van der Waals surface area contributed by atoms with Crippen molar-refractivity contribution in [1.29, 1.82) is 0 Å². The summed E-state index contributed by atoms with van der Waals surface area (Å²) >= 11 is 12.4. The fourth-order valence-electron chi connectivity index (χ4n) is 4.19. The van der Waals surface area contributed by atoms with Crippen LogP contribution in [0, 0.1) is 5.92 Å². The van der Waals surface area contributed by atoms with Crippen LogP contribution in [0.5, 0.6) is 5.75 Å². The van der Waals surface area contributed by atoms with Gasteiger partial charge in [0.1, 0.15) is 18.3 Å². The second-order valence-electron chi connectivity index (χ2n) is 9.85. The molecule has 1 N–H and O–H groups in total. The first kappa shape index (κ1) is 32.2. The molecule has 0 aliphatic heterocycles. The van der Waals surface area contributed by atoms with Crippen LogP contribution in [0.1, 0.15) is 32.8 Å². The minimum atomic E-state index is -4.20. The SMILES string of the molecule is CC[C@H](C(=O)NCC(C)C)N(Cc1ccc(Cl)cc1)C(=O)CN(c1ccc(OC)c(Cl)c1)S(=O)(=O)c1ccccc1. The molecule has 0 aliphatic rings. The highest BCUT2D eigenvalue weighted by atomic mass is 35.5. The van der Waals surface area contributed by atoms with E-state index in [1.54, 1.807) is 42.5 Å². The largest absolute Gasteiger partial charge is 0.495 e. The molecule has 0 saturated heterocycles. The lowest BCUT2D eigenvalue weighted by atomic mass is 10.1. The summed E-state index contributed by atoms with van der Waals surface area (Å²) in [5.74, 6) is -0.300. The number of amides is 2. The Morgan fingerprint density at radius 3 is 2.20 bits per heavy atom. The quantitative estimate of drug-likeness (QED) is 0.262. The molecule has 0 aliphatic carbocycles. The Morgan fingerprint density at radius 1 is 0.976 bits per heavy atom. The number of halogens is 2. The van der Waals surface area contributed by atoms with Crippen molar-refractivity contribution in [3.05, 3.63) is 88.4 Å². The Balaban J connectivity index is 2.06. The van der Waals surface area contributed by atoms with Crippen LogP contribution < -0.4 is 14.4 Å². The van der Waals surface area contributed by atoms with E-state index in [-0.39, 0.29) is 34.0 Å². The molecule has 0 aromatic heterocycles. The van der Waals surface area contributed by atoms with Crippen molar-refractivity contribution in [2.75, 3.05) is 24.5 Å². The maximum Gasteiger partial charge on any atom is 0.264 e. The predicted molar refractivity (Wildman–Crippen MR) is 163 cm³/mol. The first-order chi connectivity index (χ1) is 19.5. The number of sulfonamides is 1. The molecule has 0 saturated carbocycles. The third-order valence-electron chi connectivity index (χ3n) is 6.37. The van der Waals surface area contributed by atoms with Crippen LogP contribution in [0.4, 0.5) is 5.69 Å². The van der Waals surface area contributed by atoms with Crippen molar-refractivity contribution in [3.63, 3.8) is 0 Å². The summed E-state index contributed by atoms with van der Waals surface area (Å²) in [6.07, 6.45) is 0.322. The van der Waals surface area contributed by atoms with Gasteiger partial charge in [0, 0.05) is 18.1 Å². The van der Waals surface area contributed by atoms with E-state index in [9.17, 15) is 18.0 Å². The summed E-state index contributed by atoms with van der Waals surface area (Å²) in [4.78, 5) is 28.8. The zero-order chi connectivity index (χ0) is 30.2. The molecular formula is C30H35Cl2N3O5S. The van der Waals surface area contributed by atoms with Crippen molar-refractivity contribution in [1.82, 2.24) is 10.2 Å². The summed E-state index contributed by atoms with van der Waals surface area (Å²) in [6, 6.07) is 18.4. The molecule has 2 amide bonds. The van der Waals surface area contributed by atoms with Crippen molar-refractivity contribution in [2.24, 2.45) is 5.92 Å². The molecular weight excluding hydrogens is 585 g/mol. The number of rotatable bonds is 13. The molecule has 0 radical (unpaired) electrons. The highest BCUT2D eigenvalue weighted by molar-refractivity contribution is 7.92. The van der Waals surface area contributed by atoms with E-state index in [0.29, 0.717) is 23.7 Å². The van der Waals surface area contributed by atoms with Crippen LogP contribution in [0.25, 0.3) is 0 Å². The minimum Gasteiger partial charge on any atom is -0.495 e. The minimum absolute atomic E-state index is 0.00529. The number of carbonyl (C=O) groups excluding carboxylic acids is 2. The van der Waals surface area contributed by atoms with Gasteiger partial charge in [-0.1, -0.05) is 74.3 Å². The van der Waals surface area contributed by atoms with Gasteiger partial charge in [0.05, 0.1) is 22.7 Å². The number of benzene rings is 3. The summed E-state index contributed by atoms with van der Waals surface area (Å²) in [6.45, 7) is 5.71. The first-order valence-corrected chi connectivity index (χ1v) is 15.4. The lowest BCUT2D eigenvalue weighted by Gasteiger charge is -2.33. The molecule has 0 unspecified atom stereocenters. The molecule has 3 aromatic carbocycles. The van der Waals surface area contributed by atoms with Crippen LogP contribution in [-0.2, 0) is 26.2 Å². The lowest BCUT2D eigenvalue weighted by Crippen LogP contribution is -2.52. The fraction of sp³-hybridized carbons (Fsp3) is 0.333. The van der Waals surface area contributed by atoms with Gasteiger partial charge in [-0.3, -0.25) is 13.9 Å². The molecule has 11 heteroatoms. The van der Waals surface area contributed by atoms with Crippen LogP contribution in [-0.4, -0.2) is 51.4 Å². The average molecular weight is 621 g/mol. The van der Waals surface area contributed by atoms with E-state index in [1.807, 2.05) is 20.8 Å². The predicted octanol–water partition coefficient (Wildman–Crippen LogP) is 5.78. The van der Waals surface area contributed by atoms with E-state index in [0.717, 1.165) is 9.87 Å². The summed E-state index contributed by atoms with van der Waals surface area (Å²) in [5.41, 5.74) is 0.916. The number of hydrogen-bond acceptors (Lipinski definition) is 5. The number of nitrogens with zero attached hydrogens (tertiary/aromatic N) is 2. The second-order valence-corrected chi connectivity index (χ2v) is 12.6. The monoisotopic (exact) mass is 619 g/mol. The van der Waals surface area contributed by atoms with Crippen molar-refractivity contribution >= 4 is 50.7 Å². The molecule has 3 aromatic rings. The molecule has 8 nitrogen and oxygen atoms in total. The number of hydrogen-bond donors (Lipinski definition) is 1. The Hall–Kier alpha value is -3.27. The summed E-state index contributed by atoms with van der Waals surface area (Å²) in [7, 11) is -2.75. The molecule has 0 bridgehead atoms. The fourth-order valence-corrected chi connectivity index (χ4v) is 5.99. The number of nitrogens with one attached hydrogen (secondary N) is 1. The van der Waals surface area contributed by atoms with Gasteiger partial charge in [-0.2, -0.15) is 0 Å². The highest BCUT2D eigenvalue weighted by Gasteiger charge is 2.34. The van der Waals surface area contributed by atoms with Gasteiger partial charge in [-0.05, 0) is 60.4 Å². The molecule has 0 fully saturated rings. The average Bonchev–Trinajstić information content (AvgIpc) is 2.95. The van der Waals surface area contributed by atoms with Crippen molar-refractivity contribution in [3.8, 4) is 5.75 Å². The van der Waals surface area contributed by atoms with E-state index in [2.05, 4.69) is 5.32 Å². The van der Waals surface area contributed by atoms with Gasteiger partial charge in [-0.25, -0.2) is 8.42 Å². The third kappa shape index (κ3) is 8.38. The van der Waals surface area contributed by atoms with Gasteiger partial charge < -0.3 is 15.0 Å². The Kier molecular flexibility index (Phi) is 11.5. The summed E-state index contributed by atoms with van der Waals surface area (Å²) < 4.78 is 34.0. The Bertz CT molecular complexity index is 1430. The van der Waals surface area contributed by atoms with Crippen molar-refractivity contribution in [2.45, 2.75) is 44.7 Å². The maximum absolute atomic E-state index is 14.1. The number of carbonyl (C=O) groups is 2. The van der Waals surface area contributed by atoms with E-state index < -0.39 is 28.5 Å². The van der Waals surface area contributed by atoms with Crippen LogP contribution >= 0.6 is 23.2 Å². The highest BCUT2D eigenvalue weighted by Crippen LogP contribution is 2.32. The number of anilines is 1. The standard InChI is InChI=1S/C30H35Cl2N3O5S/c1-5-27(30(37)33-18-21(2)3)34(19-22-11-13-23(31)14-12-22)29(36)20-35(24-15-16-28(40-4)26(32)17-24)41(38,39)25-9-7-6-8-10-25/h6-17,21,27H,5,18-20H2,1-4H3,(H,33,37)/t27-/m1/s1. The van der Waals surface area contributed by atoms with Crippen LogP contribution in [0.3, 0.4) is 0 Å².